The van der Waals surface area contributed by atoms with E-state index in [2.05, 4.69) is 4.98 Å². The van der Waals surface area contributed by atoms with Gasteiger partial charge in [-0.2, -0.15) is 0 Å². The van der Waals surface area contributed by atoms with Gasteiger partial charge >= 0.3 is 0 Å². The van der Waals surface area contributed by atoms with Crippen LogP contribution in [0.5, 0.6) is 0 Å². The lowest BCUT2D eigenvalue weighted by Crippen LogP contribution is -1.91. The van der Waals surface area contributed by atoms with Gasteiger partial charge in [0.05, 0.1) is 5.56 Å². The van der Waals surface area contributed by atoms with Gasteiger partial charge in [-0.25, -0.2) is 4.98 Å². The molecule has 0 fully saturated rings. The number of benzene rings is 1. The number of carbonyl (C=O) groups is 1. The van der Waals surface area contributed by atoms with Gasteiger partial charge in [-0.3, -0.25) is 4.79 Å². The molecule has 0 unspecified atom stereocenters. The molecule has 66 valence electrons. The number of aromatic nitrogens is 1. The number of fused-ring (bicyclic) bond motifs is 1. The van der Waals surface area contributed by atoms with Crippen LogP contribution in [0.2, 0.25) is 0 Å². The highest BCUT2D eigenvalue weighted by atomic mass is 127. The second kappa shape index (κ2) is 3.10. The van der Waals surface area contributed by atoms with Gasteiger partial charge in [-0.15, -0.1) is 0 Å². The average Bonchev–Trinajstić information content (AvgIpc) is 2.43. The Bertz CT molecular complexity index is 475. The number of rotatable bonds is 1. The van der Waals surface area contributed by atoms with E-state index in [-0.39, 0.29) is 5.78 Å². The maximum atomic E-state index is 11.2. The molecule has 0 N–H and O–H groups in total. The SMILES string of the molecule is CC(=O)c1cccc2nc(I)oc12. The quantitative estimate of drug-likeness (QED) is 0.598. The number of oxazole rings is 1. The van der Waals surface area contributed by atoms with Gasteiger partial charge in [0.25, 0.3) is 3.90 Å². The van der Waals surface area contributed by atoms with Gasteiger partial charge in [0.15, 0.2) is 11.4 Å². The molecule has 0 amide bonds. The van der Waals surface area contributed by atoms with Crippen molar-refractivity contribution in [2.45, 2.75) is 6.92 Å². The van der Waals surface area contributed by atoms with Crippen molar-refractivity contribution >= 4 is 39.5 Å². The molecule has 2 rings (SSSR count). The van der Waals surface area contributed by atoms with Crippen LogP contribution in [0.25, 0.3) is 11.1 Å². The first-order chi connectivity index (χ1) is 6.18. The molecule has 0 aliphatic carbocycles. The summed E-state index contributed by atoms with van der Waals surface area (Å²) >= 11 is 1.98. The molecule has 0 atom stereocenters. The Kier molecular flexibility index (Phi) is 2.07. The van der Waals surface area contributed by atoms with Crippen molar-refractivity contribution in [1.82, 2.24) is 4.98 Å². The second-order valence-electron chi connectivity index (χ2n) is 2.68. The minimum Gasteiger partial charge on any atom is -0.431 e. The van der Waals surface area contributed by atoms with Gasteiger partial charge in [0.1, 0.15) is 5.52 Å². The third-order valence-corrected chi connectivity index (χ3v) is 2.23. The van der Waals surface area contributed by atoms with Gasteiger partial charge < -0.3 is 4.42 Å². The lowest BCUT2D eigenvalue weighted by molar-refractivity contribution is 0.101. The van der Waals surface area contributed by atoms with E-state index < -0.39 is 0 Å². The topological polar surface area (TPSA) is 43.1 Å². The van der Waals surface area contributed by atoms with E-state index >= 15 is 0 Å². The summed E-state index contributed by atoms with van der Waals surface area (Å²) in [7, 11) is 0. The van der Waals surface area contributed by atoms with Gasteiger partial charge in [0, 0.05) is 22.6 Å². The molecule has 0 saturated carbocycles. The van der Waals surface area contributed by atoms with Crippen LogP contribution in [-0.2, 0) is 0 Å². The minimum atomic E-state index is -0.00171. The standard InChI is InChI=1S/C9H6INO2/c1-5(12)6-3-2-4-7-8(6)13-9(10)11-7/h2-4H,1H3. The van der Waals surface area contributed by atoms with Gasteiger partial charge in [0.2, 0.25) is 0 Å². The van der Waals surface area contributed by atoms with Crippen molar-refractivity contribution in [2.75, 3.05) is 0 Å². The van der Waals surface area contributed by atoms with E-state index in [9.17, 15) is 4.79 Å². The number of ketones is 1. The smallest absolute Gasteiger partial charge is 0.258 e. The van der Waals surface area contributed by atoms with Crippen molar-refractivity contribution in [3.8, 4) is 0 Å². The fourth-order valence-corrected chi connectivity index (χ4v) is 1.68. The lowest BCUT2D eigenvalue weighted by atomic mass is 10.1. The minimum absolute atomic E-state index is 0.00171. The molecule has 3 nitrogen and oxygen atoms in total. The molecule has 0 saturated heterocycles. The molecule has 13 heavy (non-hydrogen) atoms. The van der Waals surface area contributed by atoms with Crippen LogP contribution in [0.4, 0.5) is 0 Å². The molecular formula is C9H6INO2. The van der Waals surface area contributed by atoms with Crippen LogP contribution in [0, 0.1) is 3.90 Å². The monoisotopic (exact) mass is 287 g/mol. The zero-order chi connectivity index (χ0) is 9.42. The maximum Gasteiger partial charge on any atom is 0.258 e. The molecule has 1 aromatic carbocycles. The van der Waals surface area contributed by atoms with E-state index in [1.807, 2.05) is 28.7 Å². The van der Waals surface area contributed by atoms with Crippen molar-refractivity contribution in [3.05, 3.63) is 27.7 Å². The number of hydrogen-bond donors (Lipinski definition) is 0. The largest absolute Gasteiger partial charge is 0.431 e. The van der Waals surface area contributed by atoms with Crippen LogP contribution in [-0.4, -0.2) is 10.8 Å². The van der Waals surface area contributed by atoms with Gasteiger partial charge in [-0.05, 0) is 19.1 Å². The fraction of sp³-hybridized carbons (Fsp3) is 0.111. The molecule has 0 bridgehead atoms. The lowest BCUT2D eigenvalue weighted by Gasteiger charge is -1.93. The Morgan fingerprint density at radius 3 is 3.00 bits per heavy atom. The second-order valence-corrected chi connectivity index (χ2v) is 3.60. The molecular weight excluding hydrogens is 281 g/mol. The summed E-state index contributed by atoms with van der Waals surface area (Å²) in [4.78, 5) is 15.3. The Morgan fingerprint density at radius 1 is 1.54 bits per heavy atom. The highest BCUT2D eigenvalue weighted by Gasteiger charge is 2.10. The number of nitrogens with zero attached hydrogens (tertiary/aromatic N) is 1. The highest BCUT2D eigenvalue weighted by molar-refractivity contribution is 14.1. The molecule has 1 heterocycles. The summed E-state index contributed by atoms with van der Waals surface area (Å²) in [6, 6.07) is 5.37. The Hall–Kier alpha value is -0.910. The predicted octanol–water partition coefficient (Wildman–Crippen LogP) is 2.64. The Morgan fingerprint density at radius 2 is 2.31 bits per heavy atom. The van der Waals surface area contributed by atoms with Crippen LogP contribution in [0.1, 0.15) is 17.3 Å². The first-order valence-electron chi connectivity index (χ1n) is 3.74. The Labute approximate surface area is 88.3 Å². The van der Waals surface area contributed by atoms with E-state index in [0.29, 0.717) is 15.0 Å². The number of para-hydroxylation sites is 1. The zero-order valence-electron chi connectivity index (χ0n) is 6.87. The molecule has 0 radical (unpaired) electrons. The van der Waals surface area contributed by atoms with E-state index in [1.54, 1.807) is 12.1 Å². The molecule has 0 spiro atoms. The normalized spacial score (nSPS) is 10.6. The molecule has 0 aliphatic heterocycles. The third kappa shape index (κ3) is 1.46. The first kappa shape index (κ1) is 8.68. The summed E-state index contributed by atoms with van der Waals surface area (Å²) in [5.41, 5.74) is 1.91. The fourth-order valence-electron chi connectivity index (χ4n) is 1.20. The van der Waals surface area contributed by atoms with E-state index in [0.717, 1.165) is 5.52 Å². The maximum absolute atomic E-state index is 11.2. The van der Waals surface area contributed by atoms with Gasteiger partial charge in [-0.1, -0.05) is 6.07 Å². The van der Waals surface area contributed by atoms with Crippen LogP contribution < -0.4 is 0 Å². The number of halogens is 1. The third-order valence-electron chi connectivity index (χ3n) is 1.77. The molecule has 1 aromatic heterocycles. The average molecular weight is 287 g/mol. The van der Waals surface area contributed by atoms with E-state index in [1.165, 1.54) is 6.92 Å². The highest BCUT2D eigenvalue weighted by Crippen LogP contribution is 2.20. The van der Waals surface area contributed by atoms with Crippen LogP contribution in [0.15, 0.2) is 22.6 Å². The summed E-state index contributed by atoms with van der Waals surface area (Å²) in [6.45, 7) is 1.52. The molecule has 0 aliphatic rings. The first-order valence-corrected chi connectivity index (χ1v) is 4.82. The van der Waals surface area contributed by atoms with Crippen molar-refractivity contribution in [3.63, 3.8) is 0 Å². The van der Waals surface area contributed by atoms with Crippen LogP contribution >= 0.6 is 22.6 Å². The molecule has 4 heteroatoms. The van der Waals surface area contributed by atoms with Crippen LogP contribution in [0.3, 0.4) is 0 Å². The van der Waals surface area contributed by atoms with Crippen molar-refractivity contribution in [1.29, 1.82) is 0 Å². The van der Waals surface area contributed by atoms with Crippen molar-refractivity contribution in [2.24, 2.45) is 0 Å². The zero-order valence-corrected chi connectivity index (χ0v) is 9.03. The summed E-state index contributed by atoms with van der Waals surface area (Å²) in [5, 5.41) is 0. The van der Waals surface area contributed by atoms with Crippen molar-refractivity contribution < 1.29 is 9.21 Å². The summed E-state index contributed by atoms with van der Waals surface area (Å²) in [5.74, 6) is -0.00171. The Balaban J connectivity index is 2.82. The summed E-state index contributed by atoms with van der Waals surface area (Å²) < 4.78 is 5.87. The summed E-state index contributed by atoms with van der Waals surface area (Å²) in [6.07, 6.45) is 0. The predicted molar refractivity (Wildman–Crippen MR) is 56.7 cm³/mol. The number of Topliss-reactive ketones (excluding diaryl/α,β-unsaturated/α-hetero) is 1. The number of carbonyl (C=O) groups excluding carboxylic acids is 1. The number of hydrogen-bond acceptors (Lipinski definition) is 3. The van der Waals surface area contributed by atoms with E-state index in [4.69, 9.17) is 4.42 Å². The molecule has 2 aromatic rings.